The number of morpholine rings is 1. The lowest BCUT2D eigenvalue weighted by atomic mass is 10.3. The Labute approximate surface area is 165 Å². The minimum absolute atomic E-state index is 0.126. The summed E-state index contributed by atoms with van der Waals surface area (Å²) in [7, 11) is -3.87. The van der Waals surface area contributed by atoms with E-state index in [4.69, 9.17) is 32.7 Å². The molecule has 11 heteroatoms. The van der Waals surface area contributed by atoms with Gasteiger partial charge >= 0.3 is 5.69 Å². The van der Waals surface area contributed by atoms with Crippen molar-refractivity contribution in [2.24, 2.45) is 0 Å². The summed E-state index contributed by atoms with van der Waals surface area (Å²) >= 11 is 11.8. The first-order chi connectivity index (χ1) is 12.8. The van der Waals surface area contributed by atoms with Crippen LogP contribution in [0.3, 0.4) is 0 Å². The third kappa shape index (κ3) is 4.50. The van der Waals surface area contributed by atoms with E-state index in [1.54, 1.807) is 0 Å². The van der Waals surface area contributed by atoms with Crippen LogP contribution in [-0.2, 0) is 14.8 Å². The molecule has 0 saturated carbocycles. The van der Waals surface area contributed by atoms with Crippen LogP contribution in [0.5, 0.6) is 11.5 Å². The lowest BCUT2D eigenvalue weighted by Crippen LogP contribution is -2.40. The van der Waals surface area contributed by atoms with Crippen LogP contribution >= 0.6 is 23.2 Å². The fraction of sp³-hybridized carbons (Fsp3) is 0.250. The lowest BCUT2D eigenvalue weighted by molar-refractivity contribution is -0.385. The summed E-state index contributed by atoms with van der Waals surface area (Å²) < 4.78 is 37.3. The van der Waals surface area contributed by atoms with Crippen molar-refractivity contribution in [1.82, 2.24) is 4.31 Å². The van der Waals surface area contributed by atoms with E-state index in [9.17, 15) is 18.5 Å². The summed E-state index contributed by atoms with van der Waals surface area (Å²) in [4.78, 5) is 10.6. The normalized spacial score (nSPS) is 15.5. The monoisotopic (exact) mass is 432 g/mol. The maximum absolute atomic E-state index is 12.7. The van der Waals surface area contributed by atoms with Crippen LogP contribution in [0.2, 0.25) is 10.0 Å². The number of ether oxygens (including phenoxy) is 2. The SMILES string of the molecule is O=[N+]([O-])c1cc(S(=O)(=O)N2CCOCC2)ccc1Oc1cc(Cl)cc(Cl)c1. The summed E-state index contributed by atoms with van der Waals surface area (Å²) in [6.07, 6.45) is 0. The second-order valence-corrected chi connectivity index (χ2v) is 8.42. The van der Waals surface area contributed by atoms with Crippen LogP contribution in [0.4, 0.5) is 5.69 Å². The summed E-state index contributed by atoms with van der Waals surface area (Å²) in [6, 6.07) is 7.85. The summed E-state index contributed by atoms with van der Waals surface area (Å²) in [6.45, 7) is 0.931. The second-order valence-electron chi connectivity index (χ2n) is 5.61. The van der Waals surface area contributed by atoms with Crippen LogP contribution < -0.4 is 4.74 Å². The van der Waals surface area contributed by atoms with Crippen molar-refractivity contribution in [3.63, 3.8) is 0 Å². The van der Waals surface area contributed by atoms with Crippen molar-refractivity contribution >= 4 is 38.9 Å². The van der Waals surface area contributed by atoms with E-state index in [2.05, 4.69) is 0 Å². The molecule has 0 aliphatic carbocycles. The van der Waals surface area contributed by atoms with Crippen LogP contribution in [0.15, 0.2) is 41.3 Å². The molecule has 0 aromatic heterocycles. The van der Waals surface area contributed by atoms with Gasteiger partial charge in [-0.15, -0.1) is 0 Å². The van der Waals surface area contributed by atoms with E-state index >= 15 is 0 Å². The van der Waals surface area contributed by atoms with Crippen molar-refractivity contribution in [2.75, 3.05) is 26.3 Å². The van der Waals surface area contributed by atoms with E-state index in [0.29, 0.717) is 10.0 Å². The smallest absolute Gasteiger partial charge is 0.312 e. The van der Waals surface area contributed by atoms with E-state index in [1.807, 2.05) is 0 Å². The molecule has 2 aromatic rings. The molecule has 0 N–H and O–H groups in total. The molecule has 0 amide bonds. The van der Waals surface area contributed by atoms with E-state index in [1.165, 1.54) is 34.6 Å². The predicted octanol–water partition coefficient (Wildman–Crippen LogP) is 3.71. The molecule has 1 aliphatic rings. The second kappa shape index (κ2) is 7.99. The molecule has 1 saturated heterocycles. The minimum atomic E-state index is -3.87. The quantitative estimate of drug-likeness (QED) is 0.527. The van der Waals surface area contributed by atoms with Gasteiger partial charge in [0.1, 0.15) is 5.75 Å². The van der Waals surface area contributed by atoms with Gasteiger partial charge in [-0.25, -0.2) is 8.42 Å². The van der Waals surface area contributed by atoms with Gasteiger partial charge in [0.2, 0.25) is 15.8 Å². The number of hydrogen-bond donors (Lipinski definition) is 0. The van der Waals surface area contributed by atoms with Crippen LogP contribution in [0, 0.1) is 10.1 Å². The van der Waals surface area contributed by atoms with Gasteiger partial charge in [0.15, 0.2) is 0 Å². The predicted molar refractivity (Wildman–Crippen MR) is 99.2 cm³/mol. The van der Waals surface area contributed by atoms with E-state index in [-0.39, 0.29) is 42.7 Å². The van der Waals surface area contributed by atoms with Crippen LogP contribution in [-0.4, -0.2) is 43.9 Å². The largest absolute Gasteiger partial charge is 0.450 e. The molecule has 1 fully saturated rings. The number of nitro groups is 1. The van der Waals surface area contributed by atoms with Crippen molar-refractivity contribution in [2.45, 2.75) is 4.90 Å². The Hall–Kier alpha value is -1.91. The van der Waals surface area contributed by atoms with Crippen molar-refractivity contribution in [3.8, 4) is 11.5 Å². The highest BCUT2D eigenvalue weighted by molar-refractivity contribution is 7.89. The first kappa shape index (κ1) is 19.8. The topological polar surface area (TPSA) is 99.0 Å². The molecule has 0 spiro atoms. The van der Waals surface area contributed by atoms with Gasteiger partial charge in [-0.3, -0.25) is 10.1 Å². The average Bonchev–Trinajstić information content (AvgIpc) is 2.61. The fourth-order valence-corrected chi connectivity index (χ4v) is 4.47. The zero-order valence-electron chi connectivity index (χ0n) is 13.8. The Balaban J connectivity index is 1.96. The number of nitrogens with zero attached hydrogens (tertiary/aromatic N) is 2. The molecule has 8 nitrogen and oxygen atoms in total. The fourth-order valence-electron chi connectivity index (χ4n) is 2.54. The van der Waals surface area contributed by atoms with Gasteiger partial charge < -0.3 is 9.47 Å². The average molecular weight is 433 g/mol. The zero-order chi connectivity index (χ0) is 19.6. The molecule has 0 atom stereocenters. The van der Waals surface area contributed by atoms with E-state index in [0.717, 1.165) is 6.07 Å². The molecular formula is C16H14Cl2N2O6S. The first-order valence-electron chi connectivity index (χ1n) is 7.77. The highest BCUT2D eigenvalue weighted by atomic mass is 35.5. The molecule has 2 aromatic carbocycles. The number of hydrogen-bond acceptors (Lipinski definition) is 6. The number of benzene rings is 2. The van der Waals surface area contributed by atoms with Gasteiger partial charge in [-0.05, 0) is 30.3 Å². The summed E-state index contributed by atoms with van der Waals surface area (Å²) in [5.74, 6) is 0.0682. The highest BCUT2D eigenvalue weighted by Gasteiger charge is 2.29. The number of sulfonamides is 1. The molecule has 1 heterocycles. The number of halogens is 2. The third-order valence-corrected chi connectivity index (χ3v) is 6.13. The number of rotatable bonds is 5. The molecule has 0 bridgehead atoms. The Morgan fingerprint density at radius 3 is 2.30 bits per heavy atom. The molecule has 3 rings (SSSR count). The lowest BCUT2D eigenvalue weighted by Gasteiger charge is -2.26. The first-order valence-corrected chi connectivity index (χ1v) is 9.97. The molecule has 1 aliphatic heterocycles. The zero-order valence-corrected chi connectivity index (χ0v) is 16.1. The van der Waals surface area contributed by atoms with Crippen molar-refractivity contribution < 1.29 is 22.8 Å². The maximum atomic E-state index is 12.7. The van der Waals surface area contributed by atoms with Gasteiger partial charge in [0, 0.05) is 29.2 Å². The summed E-state index contributed by atoms with van der Waals surface area (Å²) in [5, 5.41) is 12.0. The van der Waals surface area contributed by atoms with Crippen LogP contribution in [0.25, 0.3) is 0 Å². The third-order valence-electron chi connectivity index (χ3n) is 3.80. The van der Waals surface area contributed by atoms with E-state index < -0.39 is 20.6 Å². The van der Waals surface area contributed by atoms with Crippen molar-refractivity contribution in [1.29, 1.82) is 0 Å². The molecule has 27 heavy (non-hydrogen) atoms. The standard InChI is InChI=1S/C16H14Cl2N2O6S/c17-11-7-12(18)9-13(8-11)26-16-2-1-14(10-15(16)20(21)22)27(23,24)19-3-5-25-6-4-19/h1-2,7-10H,3-6H2. The molecule has 0 radical (unpaired) electrons. The highest BCUT2D eigenvalue weighted by Crippen LogP contribution is 2.36. The maximum Gasteiger partial charge on any atom is 0.312 e. The Bertz CT molecular complexity index is 957. The molecule has 0 unspecified atom stereocenters. The molecule has 144 valence electrons. The minimum Gasteiger partial charge on any atom is -0.450 e. The number of nitro benzene ring substituents is 1. The van der Waals surface area contributed by atoms with Crippen molar-refractivity contribution in [3.05, 3.63) is 56.6 Å². The molecular weight excluding hydrogens is 419 g/mol. The summed E-state index contributed by atoms with van der Waals surface area (Å²) in [5.41, 5.74) is -0.486. The Kier molecular flexibility index (Phi) is 5.87. The van der Waals surface area contributed by atoms with Crippen LogP contribution in [0.1, 0.15) is 0 Å². The van der Waals surface area contributed by atoms with Gasteiger partial charge in [0.05, 0.1) is 23.0 Å². The Morgan fingerprint density at radius 2 is 1.70 bits per heavy atom. The van der Waals surface area contributed by atoms with Gasteiger partial charge in [0.25, 0.3) is 0 Å². The van der Waals surface area contributed by atoms with Gasteiger partial charge in [-0.2, -0.15) is 4.31 Å². The Morgan fingerprint density at radius 1 is 1.07 bits per heavy atom. The van der Waals surface area contributed by atoms with Gasteiger partial charge in [-0.1, -0.05) is 23.2 Å².